The zero-order chi connectivity index (χ0) is 25.4. The lowest BCUT2D eigenvalue weighted by Crippen LogP contribution is -2.24. The van der Waals surface area contributed by atoms with Crippen molar-refractivity contribution in [1.29, 1.82) is 0 Å². The number of carbonyl (C=O) groups excluding carboxylic acids is 1. The third-order valence-corrected chi connectivity index (χ3v) is 8.64. The van der Waals surface area contributed by atoms with Gasteiger partial charge in [-0.25, -0.2) is 18.4 Å². The number of aryl methyl sites for hydroxylation is 1. The smallest absolute Gasteiger partial charge is 0.251 e. The molecule has 3 heterocycles. The largest absolute Gasteiger partial charge is 0.346 e. The second-order valence-corrected chi connectivity index (χ2v) is 11.9. The fourth-order valence-electron chi connectivity index (χ4n) is 3.95. The van der Waals surface area contributed by atoms with Gasteiger partial charge in [-0.05, 0) is 69.5 Å². The molecule has 1 fully saturated rings. The Labute approximate surface area is 210 Å². The maximum absolute atomic E-state index is 12.8. The van der Waals surface area contributed by atoms with Crippen LogP contribution in [0.15, 0.2) is 59.9 Å². The number of nitrogens with one attached hydrogen (secondary N) is 1. The molecule has 4 aromatic rings. The summed E-state index contributed by atoms with van der Waals surface area (Å²) in [5.41, 5.74) is 4.76. The van der Waals surface area contributed by atoms with Crippen molar-refractivity contribution in [3.05, 3.63) is 77.5 Å². The van der Waals surface area contributed by atoms with E-state index in [9.17, 15) is 13.2 Å². The van der Waals surface area contributed by atoms with Crippen LogP contribution in [0.25, 0.3) is 22.3 Å². The van der Waals surface area contributed by atoms with Gasteiger partial charge in [0.15, 0.2) is 9.84 Å². The number of pyridine rings is 2. The molecule has 1 aliphatic rings. The summed E-state index contributed by atoms with van der Waals surface area (Å²) in [6.07, 6.45) is 7.57. The van der Waals surface area contributed by atoms with Crippen LogP contribution in [-0.4, -0.2) is 39.5 Å². The van der Waals surface area contributed by atoms with Gasteiger partial charge in [0.1, 0.15) is 5.69 Å². The van der Waals surface area contributed by atoms with Gasteiger partial charge in [-0.1, -0.05) is 6.07 Å². The molecule has 1 saturated carbocycles. The van der Waals surface area contributed by atoms with Crippen LogP contribution in [0.2, 0.25) is 0 Å². The Morgan fingerprint density at radius 1 is 1.03 bits per heavy atom. The fraction of sp³-hybridized carbons (Fsp3) is 0.296. The summed E-state index contributed by atoms with van der Waals surface area (Å²) in [6.45, 7) is 5.16. The Bertz CT molecular complexity index is 1580. The van der Waals surface area contributed by atoms with Gasteiger partial charge in [0.05, 0.1) is 45.5 Å². The lowest BCUT2D eigenvalue weighted by Gasteiger charge is -2.12. The molecular weight excluding hydrogens is 474 g/mol. The van der Waals surface area contributed by atoms with E-state index >= 15 is 0 Å². The SMILES string of the molecule is Cc1ccc(C(=O)NCc2cc3nc(-c4cncc(C5CC5)n4)ccc3cn2)cc1S(=O)(=O)C(C)C. The summed E-state index contributed by atoms with van der Waals surface area (Å²) in [5, 5.41) is 3.14. The van der Waals surface area contributed by atoms with Crippen molar-refractivity contribution in [3.8, 4) is 11.4 Å². The lowest BCUT2D eigenvalue weighted by atomic mass is 10.1. The number of rotatable bonds is 7. The number of aromatic nitrogens is 4. The molecule has 8 nitrogen and oxygen atoms in total. The topological polar surface area (TPSA) is 115 Å². The second-order valence-electron chi connectivity index (χ2n) is 9.43. The Kier molecular flexibility index (Phi) is 6.26. The van der Waals surface area contributed by atoms with Gasteiger partial charge in [-0.3, -0.25) is 14.8 Å². The van der Waals surface area contributed by atoms with Crippen LogP contribution >= 0.6 is 0 Å². The average Bonchev–Trinajstić information content (AvgIpc) is 3.72. The molecule has 0 spiro atoms. The number of sulfone groups is 1. The van der Waals surface area contributed by atoms with Crippen molar-refractivity contribution >= 4 is 26.6 Å². The first-order chi connectivity index (χ1) is 17.2. The molecule has 0 atom stereocenters. The van der Waals surface area contributed by atoms with Crippen LogP contribution < -0.4 is 5.32 Å². The van der Waals surface area contributed by atoms with Crippen molar-refractivity contribution in [2.75, 3.05) is 0 Å². The lowest BCUT2D eigenvalue weighted by molar-refractivity contribution is 0.0950. The Balaban J connectivity index is 1.35. The number of hydrogen-bond acceptors (Lipinski definition) is 7. The molecule has 0 aliphatic heterocycles. The molecule has 1 amide bonds. The third kappa shape index (κ3) is 4.83. The van der Waals surface area contributed by atoms with E-state index in [1.165, 1.54) is 6.07 Å². The monoisotopic (exact) mass is 501 g/mol. The van der Waals surface area contributed by atoms with Gasteiger partial charge < -0.3 is 5.32 Å². The minimum atomic E-state index is -3.50. The van der Waals surface area contributed by atoms with Crippen LogP contribution in [0.1, 0.15) is 59.9 Å². The van der Waals surface area contributed by atoms with Crippen molar-refractivity contribution in [2.45, 2.75) is 56.2 Å². The molecular formula is C27H27N5O3S. The summed E-state index contributed by atoms with van der Waals surface area (Å²) in [7, 11) is -3.50. The van der Waals surface area contributed by atoms with Crippen LogP contribution in [0, 0.1) is 6.92 Å². The van der Waals surface area contributed by atoms with Crippen LogP contribution in [0.5, 0.6) is 0 Å². The van der Waals surface area contributed by atoms with Crippen molar-refractivity contribution in [3.63, 3.8) is 0 Å². The van der Waals surface area contributed by atoms with Gasteiger partial charge >= 0.3 is 0 Å². The van der Waals surface area contributed by atoms with Gasteiger partial charge in [-0.2, -0.15) is 0 Å². The minimum Gasteiger partial charge on any atom is -0.346 e. The number of hydrogen-bond donors (Lipinski definition) is 1. The first-order valence-electron chi connectivity index (χ1n) is 11.9. The van der Waals surface area contributed by atoms with Gasteiger partial charge in [0.25, 0.3) is 5.91 Å². The molecule has 0 saturated heterocycles. The number of amides is 1. The molecule has 1 N–H and O–H groups in total. The number of carbonyl (C=O) groups is 1. The third-order valence-electron chi connectivity index (χ3n) is 6.35. The van der Waals surface area contributed by atoms with Crippen LogP contribution in [0.3, 0.4) is 0 Å². The highest BCUT2D eigenvalue weighted by Gasteiger charge is 2.26. The number of nitrogens with zero attached hydrogens (tertiary/aromatic N) is 4. The van der Waals surface area contributed by atoms with Crippen molar-refractivity contribution in [1.82, 2.24) is 25.3 Å². The zero-order valence-corrected chi connectivity index (χ0v) is 21.2. The Hall–Kier alpha value is -3.72. The zero-order valence-electron chi connectivity index (χ0n) is 20.4. The molecule has 0 bridgehead atoms. The van der Waals surface area contributed by atoms with E-state index in [2.05, 4.69) is 15.3 Å². The molecule has 5 rings (SSSR count). The highest BCUT2D eigenvalue weighted by molar-refractivity contribution is 7.92. The Morgan fingerprint density at radius 3 is 2.58 bits per heavy atom. The van der Waals surface area contributed by atoms with Crippen molar-refractivity contribution < 1.29 is 13.2 Å². The summed E-state index contributed by atoms with van der Waals surface area (Å²) in [4.78, 5) is 31.2. The van der Waals surface area contributed by atoms with E-state index < -0.39 is 15.1 Å². The predicted molar refractivity (Wildman–Crippen MR) is 137 cm³/mol. The first-order valence-corrected chi connectivity index (χ1v) is 13.5. The molecule has 1 aromatic carbocycles. The highest BCUT2D eigenvalue weighted by Crippen LogP contribution is 2.39. The van der Waals surface area contributed by atoms with Crippen molar-refractivity contribution in [2.24, 2.45) is 0 Å². The van der Waals surface area contributed by atoms with E-state index in [1.54, 1.807) is 45.3 Å². The molecule has 0 radical (unpaired) electrons. The summed E-state index contributed by atoms with van der Waals surface area (Å²) in [6, 6.07) is 10.4. The quantitative estimate of drug-likeness (QED) is 0.399. The average molecular weight is 502 g/mol. The molecule has 3 aromatic heterocycles. The number of fused-ring (bicyclic) bond motifs is 1. The summed E-state index contributed by atoms with van der Waals surface area (Å²) in [5.74, 6) is 0.137. The molecule has 0 unspecified atom stereocenters. The van der Waals surface area contributed by atoms with Crippen LogP contribution in [-0.2, 0) is 16.4 Å². The maximum Gasteiger partial charge on any atom is 0.251 e. The van der Waals surface area contributed by atoms with E-state index in [-0.39, 0.29) is 22.9 Å². The number of benzene rings is 1. The normalized spacial score (nSPS) is 13.8. The molecule has 1 aliphatic carbocycles. The summed E-state index contributed by atoms with van der Waals surface area (Å²) >= 11 is 0. The maximum atomic E-state index is 12.8. The minimum absolute atomic E-state index is 0.178. The van der Waals surface area contributed by atoms with E-state index in [4.69, 9.17) is 9.97 Å². The predicted octanol–water partition coefficient (Wildman–Crippen LogP) is 4.38. The summed E-state index contributed by atoms with van der Waals surface area (Å²) < 4.78 is 25.3. The van der Waals surface area contributed by atoms with Crippen LogP contribution in [0.4, 0.5) is 0 Å². The first kappa shape index (κ1) is 24.0. The standard InChI is InChI=1S/C27H27N5O3S/c1-16(2)36(34,35)26-10-19(5-4-17(26)3)27(33)30-13-21-11-23-20(12-29-21)8-9-22(31-23)25-15-28-14-24(32-25)18-6-7-18/h4-5,8-12,14-16,18H,6-7,13H2,1-3H3,(H,30,33). The Morgan fingerprint density at radius 2 is 1.83 bits per heavy atom. The fourth-order valence-corrected chi connectivity index (χ4v) is 5.27. The van der Waals surface area contributed by atoms with Gasteiger partial charge in [-0.15, -0.1) is 0 Å². The van der Waals surface area contributed by atoms with Gasteiger partial charge in [0, 0.05) is 29.3 Å². The second kappa shape index (κ2) is 9.39. The van der Waals surface area contributed by atoms with E-state index in [0.29, 0.717) is 17.2 Å². The molecule has 36 heavy (non-hydrogen) atoms. The van der Waals surface area contributed by atoms with Gasteiger partial charge in [0.2, 0.25) is 0 Å². The molecule has 184 valence electrons. The van der Waals surface area contributed by atoms with E-state index in [0.717, 1.165) is 40.8 Å². The highest BCUT2D eigenvalue weighted by atomic mass is 32.2. The molecule has 9 heteroatoms. The van der Waals surface area contributed by atoms with E-state index in [1.807, 2.05) is 24.4 Å².